The van der Waals surface area contributed by atoms with Gasteiger partial charge in [0.2, 0.25) is 0 Å². The van der Waals surface area contributed by atoms with E-state index in [1.54, 1.807) is 35.2 Å². The zero-order valence-corrected chi connectivity index (χ0v) is 19.1. The van der Waals surface area contributed by atoms with E-state index < -0.39 is 28.9 Å². The SMILES string of the molecule is C=C(F)C(=O)N1CCN(c2ccc3c(=O)[nH]c4cc(-c5c(F)cccc5Cl)ccc4c3c2F)CC1. The number of H-pyrrole nitrogens is 1. The third-order valence-corrected chi connectivity index (χ3v) is 6.61. The average molecular weight is 498 g/mol. The Bertz CT molecular complexity index is 1560. The standard InChI is InChI=1S/C26H19ClF3N3O2/c1-14(28)26(35)33-11-9-32(10-12-33)21-8-7-17-23(24(21)30)16-6-5-15(13-20(16)31-25(17)34)22-18(27)3-2-4-19(22)29/h2-8,13H,1,9-12H2,(H,31,34). The number of carbonyl (C=O) groups is 1. The zero-order chi connectivity index (χ0) is 24.9. The number of pyridine rings is 1. The van der Waals surface area contributed by atoms with Crippen LogP contribution in [0.4, 0.5) is 18.9 Å². The number of anilines is 1. The second kappa shape index (κ2) is 8.78. The largest absolute Gasteiger partial charge is 0.366 e. The lowest BCUT2D eigenvalue weighted by molar-refractivity contribution is -0.128. The smallest absolute Gasteiger partial charge is 0.282 e. The summed E-state index contributed by atoms with van der Waals surface area (Å²) < 4.78 is 43.5. The van der Waals surface area contributed by atoms with E-state index in [-0.39, 0.29) is 40.1 Å². The molecule has 1 saturated heterocycles. The number of aromatic amines is 1. The molecule has 178 valence electrons. The Morgan fingerprint density at radius 2 is 1.71 bits per heavy atom. The number of benzene rings is 3. The van der Waals surface area contributed by atoms with Crippen molar-refractivity contribution in [1.82, 2.24) is 9.88 Å². The molecule has 5 nitrogen and oxygen atoms in total. The molecule has 0 bridgehead atoms. The molecule has 0 unspecified atom stereocenters. The quantitative estimate of drug-likeness (QED) is 0.304. The van der Waals surface area contributed by atoms with Gasteiger partial charge in [-0.05, 0) is 35.9 Å². The third kappa shape index (κ3) is 3.93. The van der Waals surface area contributed by atoms with Crippen LogP contribution in [-0.2, 0) is 4.79 Å². The molecule has 2 heterocycles. The van der Waals surface area contributed by atoms with Crippen molar-refractivity contribution in [2.75, 3.05) is 31.1 Å². The van der Waals surface area contributed by atoms with Gasteiger partial charge in [-0.3, -0.25) is 9.59 Å². The summed E-state index contributed by atoms with van der Waals surface area (Å²) in [6, 6.07) is 12.3. The van der Waals surface area contributed by atoms with Gasteiger partial charge in [-0.2, -0.15) is 0 Å². The molecule has 0 spiro atoms. The number of nitrogens with zero attached hydrogens (tertiary/aromatic N) is 2. The number of rotatable bonds is 3. The molecule has 0 saturated carbocycles. The second-order valence-corrected chi connectivity index (χ2v) is 8.72. The van der Waals surface area contributed by atoms with Gasteiger partial charge in [0.05, 0.1) is 16.1 Å². The maximum Gasteiger partial charge on any atom is 0.282 e. The monoisotopic (exact) mass is 497 g/mol. The van der Waals surface area contributed by atoms with E-state index in [0.717, 1.165) is 0 Å². The van der Waals surface area contributed by atoms with E-state index in [1.165, 1.54) is 23.1 Å². The van der Waals surface area contributed by atoms with Crippen LogP contribution in [0.25, 0.3) is 32.8 Å². The van der Waals surface area contributed by atoms with Crippen molar-refractivity contribution in [1.29, 1.82) is 0 Å². The lowest BCUT2D eigenvalue weighted by atomic mass is 9.99. The Kier molecular flexibility index (Phi) is 5.76. The van der Waals surface area contributed by atoms with E-state index in [9.17, 15) is 18.4 Å². The first kappa shape index (κ1) is 23.0. The Labute approximate surface area is 203 Å². The Morgan fingerprint density at radius 1 is 1.00 bits per heavy atom. The highest BCUT2D eigenvalue weighted by molar-refractivity contribution is 6.33. The molecule has 0 radical (unpaired) electrons. The minimum absolute atomic E-state index is 0.142. The number of hydrogen-bond donors (Lipinski definition) is 1. The number of aromatic nitrogens is 1. The summed E-state index contributed by atoms with van der Waals surface area (Å²) in [5.41, 5.74) is 0.771. The summed E-state index contributed by atoms with van der Waals surface area (Å²) in [6.45, 7) is 4.04. The molecule has 1 aromatic heterocycles. The van der Waals surface area contributed by atoms with Gasteiger partial charge >= 0.3 is 0 Å². The van der Waals surface area contributed by atoms with Gasteiger partial charge in [-0.1, -0.05) is 36.4 Å². The maximum absolute atomic E-state index is 15.9. The fraction of sp³-hybridized carbons (Fsp3) is 0.154. The van der Waals surface area contributed by atoms with Crippen LogP contribution < -0.4 is 10.5 Å². The molecular weight excluding hydrogens is 479 g/mol. The number of piperazine rings is 1. The molecule has 0 aliphatic carbocycles. The van der Waals surface area contributed by atoms with Crippen molar-refractivity contribution in [2.24, 2.45) is 0 Å². The van der Waals surface area contributed by atoms with Gasteiger partial charge in [0.25, 0.3) is 11.5 Å². The van der Waals surface area contributed by atoms with Gasteiger partial charge in [-0.15, -0.1) is 0 Å². The molecule has 4 aromatic rings. The van der Waals surface area contributed by atoms with Crippen molar-refractivity contribution < 1.29 is 18.0 Å². The van der Waals surface area contributed by atoms with Crippen LogP contribution in [0.15, 0.2) is 65.7 Å². The predicted octanol–water partition coefficient (Wildman–Crippen LogP) is 5.41. The van der Waals surface area contributed by atoms with Crippen LogP contribution in [0.5, 0.6) is 0 Å². The lowest BCUT2D eigenvalue weighted by Crippen LogP contribution is -2.49. The number of halogens is 4. The highest BCUT2D eigenvalue weighted by atomic mass is 35.5. The van der Waals surface area contributed by atoms with Crippen LogP contribution in [0, 0.1) is 11.6 Å². The second-order valence-electron chi connectivity index (χ2n) is 8.32. The molecule has 0 atom stereocenters. The predicted molar refractivity (Wildman–Crippen MR) is 131 cm³/mol. The molecule has 1 fully saturated rings. The minimum Gasteiger partial charge on any atom is -0.366 e. The maximum atomic E-state index is 15.9. The summed E-state index contributed by atoms with van der Waals surface area (Å²) in [4.78, 5) is 30.4. The van der Waals surface area contributed by atoms with E-state index >= 15 is 4.39 Å². The Morgan fingerprint density at radius 3 is 2.40 bits per heavy atom. The van der Waals surface area contributed by atoms with E-state index in [1.807, 2.05) is 0 Å². The van der Waals surface area contributed by atoms with Crippen molar-refractivity contribution in [3.63, 3.8) is 0 Å². The van der Waals surface area contributed by atoms with Crippen LogP contribution in [0.3, 0.4) is 0 Å². The molecular formula is C26H19ClF3N3O2. The van der Waals surface area contributed by atoms with Crippen LogP contribution >= 0.6 is 11.6 Å². The summed E-state index contributed by atoms with van der Waals surface area (Å²) in [7, 11) is 0. The molecule has 9 heteroatoms. The van der Waals surface area contributed by atoms with Crippen molar-refractivity contribution in [2.45, 2.75) is 0 Å². The number of nitrogens with one attached hydrogen (secondary N) is 1. The van der Waals surface area contributed by atoms with Crippen LogP contribution in [0.2, 0.25) is 5.02 Å². The van der Waals surface area contributed by atoms with E-state index in [0.29, 0.717) is 29.6 Å². The Hall–Kier alpha value is -3.78. The molecule has 3 aromatic carbocycles. The summed E-state index contributed by atoms with van der Waals surface area (Å²) in [6.07, 6.45) is 0. The molecule has 5 rings (SSSR count). The minimum atomic E-state index is -1.03. The van der Waals surface area contributed by atoms with E-state index in [2.05, 4.69) is 11.6 Å². The average Bonchev–Trinajstić information content (AvgIpc) is 2.84. The zero-order valence-electron chi connectivity index (χ0n) is 18.4. The first-order valence-electron chi connectivity index (χ1n) is 10.9. The summed E-state index contributed by atoms with van der Waals surface area (Å²) in [5.74, 6) is -2.89. The highest BCUT2D eigenvalue weighted by Gasteiger charge is 2.25. The van der Waals surface area contributed by atoms with Gasteiger partial charge < -0.3 is 14.8 Å². The summed E-state index contributed by atoms with van der Waals surface area (Å²) >= 11 is 6.19. The lowest BCUT2D eigenvalue weighted by Gasteiger charge is -2.36. The van der Waals surface area contributed by atoms with Gasteiger partial charge in [0, 0.05) is 48.0 Å². The first-order chi connectivity index (χ1) is 16.8. The number of hydrogen-bond acceptors (Lipinski definition) is 3. The number of amides is 1. The highest BCUT2D eigenvalue weighted by Crippen LogP contribution is 2.35. The topological polar surface area (TPSA) is 56.4 Å². The van der Waals surface area contributed by atoms with Crippen LogP contribution in [0.1, 0.15) is 0 Å². The fourth-order valence-electron chi connectivity index (χ4n) is 4.57. The normalized spacial score (nSPS) is 14.1. The molecule has 1 aliphatic rings. The van der Waals surface area contributed by atoms with Gasteiger partial charge in [0.1, 0.15) is 5.82 Å². The summed E-state index contributed by atoms with van der Waals surface area (Å²) in [5, 5.41) is 0.994. The van der Waals surface area contributed by atoms with Crippen LogP contribution in [-0.4, -0.2) is 42.0 Å². The molecule has 1 N–H and O–H groups in total. The molecule has 1 aliphatic heterocycles. The fourth-order valence-corrected chi connectivity index (χ4v) is 4.84. The number of fused-ring (bicyclic) bond motifs is 3. The molecule has 1 amide bonds. The first-order valence-corrected chi connectivity index (χ1v) is 11.3. The van der Waals surface area contributed by atoms with Gasteiger partial charge in [-0.25, -0.2) is 13.2 Å². The third-order valence-electron chi connectivity index (χ3n) is 6.29. The van der Waals surface area contributed by atoms with Gasteiger partial charge in [0.15, 0.2) is 11.6 Å². The van der Waals surface area contributed by atoms with Crippen molar-refractivity contribution in [3.8, 4) is 11.1 Å². The Balaban J connectivity index is 1.59. The van der Waals surface area contributed by atoms with Crippen molar-refractivity contribution >= 4 is 44.9 Å². The number of carbonyl (C=O) groups excluding carboxylic acids is 1. The molecule has 35 heavy (non-hydrogen) atoms. The van der Waals surface area contributed by atoms with Crippen molar-refractivity contribution in [3.05, 3.63) is 87.9 Å². The van der Waals surface area contributed by atoms with E-state index in [4.69, 9.17) is 11.6 Å².